The van der Waals surface area contributed by atoms with Crippen molar-refractivity contribution in [2.24, 2.45) is 5.10 Å². The van der Waals surface area contributed by atoms with Crippen molar-refractivity contribution < 1.29 is 8.42 Å². The van der Waals surface area contributed by atoms with E-state index < -0.39 is 10.0 Å². The van der Waals surface area contributed by atoms with Crippen molar-refractivity contribution in [1.29, 1.82) is 0 Å². The molecule has 0 bridgehead atoms. The summed E-state index contributed by atoms with van der Waals surface area (Å²) in [5.74, 6) is 0. The molecule has 0 unspecified atom stereocenters. The lowest BCUT2D eigenvalue weighted by molar-refractivity contribution is 0.521. The van der Waals surface area contributed by atoms with Crippen molar-refractivity contribution in [1.82, 2.24) is 9.29 Å². The number of thiazole rings is 1. The molecule has 0 saturated heterocycles. The van der Waals surface area contributed by atoms with E-state index >= 15 is 0 Å². The van der Waals surface area contributed by atoms with E-state index in [0.29, 0.717) is 5.13 Å². The Kier molecular flexibility index (Phi) is 6.31. The number of sulfonamides is 1. The predicted octanol–water partition coefficient (Wildman–Crippen LogP) is 3.57. The third-order valence-electron chi connectivity index (χ3n) is 4.22. The van der Waals surface area contributed by atoms with Crippen LogP contribution in [0.2, 0.25) is 0 Å². The Morgan fingerprint density at radius 3 is 2.24 bits per heavy atom. The number of hydrogen-bond donors (Lipinski definition) is 1. The SMILES string of the molecule is CN(C)c1ccc(C=NNc2nc(-c3ccc(S(=O)(=O)N(C)C)cc3)cs2)cc1. The molecule has 0 amide bonds. The number of hydrazone groups is 1. The van der Waals surface area contributed by atoms with E-state index in [4.69, 9.17) is 0 Å². The van der Waals surface area contributed by atoms with Gasteiger partial charge < -0.3 is 4.90 Å². The van der Waals surface area contributed by atoms with Gasteiger partial charge >= 0.3 is 0 Å². The summed E-state index contributed by atoms with van der Waals surface area (Å²) in [5, 5.41) is 6.79. The first-order chi connectivity index (χ1) is 13.8. The lowest BCUT2D eigenvalue weighted by Gasteiger charge is -2.11. The van der Waals surface area contributed by atoms with Crippen molar-refractivity contribution in [2.45, 2.75) is 4.90 Å². The summed E-state index contributed by atoms with van der Waals surface area (Å²) in [6.45, 7) is 0. The molecule has 0 spiro atoms. The number of benzene rings is 2. The molecule has 0 aliphatic rings. The van der Waals surface area contributed by atoms with Crippen LogP contribution in [0, 0.1) is 0 Å². The van der Waals surface area contributed by atoms with E-state index in [0.717, 1.165) is 22.5 Å². The zero-order valence-electron chi connectivity index (χ0n) is 16.7. The molecule has 0 fully saturated rings. The van der Waals surface area contributed by atoms with Crippen LogP contribution in [0.3, 0.4) is 0 Å². The van der Waals surface area contributed by atoms with Crippen molar-refractivity contribution in [3.63, 3.8) is 0 Å². The quantitative estimate of drug-likeness (QED) is 0.459. The van der Waals surface area contributed by atoms with Gasteiger partial charge in [-0.3, -0.25) is 5.43 Å². The lowest BCUT2D eigenvalue weighted by atomic mass is 10.2. The fraction of sp³-hybridized carbons (Fsp3) is 0.200. The average molecular weight is 430 g/mol. The molecule has 0 aliphatic carbocycles. The predicted molar refractivity (Wildman–Crippen MR) is 120 cm³/mol. The maximum absolute atomic E-state index is 12.2. The van der Waals surface area contributed by atoms with Gasteiger partial charge in [0.05, 0.1) is 16.8 Å². The maximum atomic E-state index is 12.2. The number of hydrogen-bond acceptors (Lipinski definition) is 7. The molecule has 1 aromatic heterocycles. The molecule has 0 radical (unpaired) electrons. The Balaban J connectivity index is 1.66. The number of anilines is 2. The van der Waals surface area contributed by atoms with Gasteiger partial charge in [-0.25, -0.2) is 17.7 Å². The standard InChI is InChI=1S/C20H23N5O2S2/c1-24(2)17-9-5-15(6-10-17)13-21-23-20-22-19(14-28-20)16-7-11-18(12-8-16)29(26,27)25(3)4/h5-14H,1-4H3,(H,22,23). The Morgan fingerprint density at radius 1 is 1.00 bits per heavy atom. The van der Waals surface area contributed by atoms with Crippen molar-refractivity contribution >= 4 is 38.4 Å². The van der Waals surface area contributed by atoms with Gasteiger partial charge in [0, 0.05) is 44.8 Å². The topological polar surface area (TPSA) is 77.9 Å². The highest BCUT2D eigenvalue weighted by atomic mass is 32.2. The monoisotopic (exact) mass is 429 g/mol. The van der Waals surface area contributed by atoms with Crippen LogP contribution >= 0.6 is 11.3 Å². The number of rotatable bonds is 7. The van der Waals surface area contributed by atoms with Crippen LogP contribution in [-0.2, 0) is 10.0 Å². The summed E-state index contributed by atoms with van der Waals surface area (Å²) < 4.78 is 25.5. The van der Waals surface area contributed by atoms with Gasteiger partial charge in [0.2, 0.25) is 15.2 Å². The molecule has 1 N–H and O–H groups in total. The molecule has 0 atom stereocenters. The second kappa shape index (κ2) is 8.73. The summed E-state index contributed by atoms with van der Waals surface area (Å²) >= 11 is 1.43. The first kappa shape index (κ1) is 21.0. The van der Waals surface area contributed by atoms with Gasteiger partial charge in [-0.05, 0) is 29.8 Å². The molecule has 29 heavy (non-hydrogen) atoms. The third-order valence-corrected chi connectivity index (χ3v) is 6.79. The highest BCUT2D eigenvalue weighted by molar-refractivity contribution is 7.89. The maximum Gasteiger partial charge on any atom is 0.242 e. The van der Waals surface area contributed by atoms with E-state index in [1.54, 1.807) is 30.5 Å². The van der Waals surface area contributed by atoms with Crippen LogP contribution in [0.4, 0.5) is 10.8 Å². The van der Waals surface area contributed by atoms with Crippen molar-refractivity contribution in [2.75, 3.05) is 38.5 Å². The summed E-state index contributed by atoms with van der Waals surface area (Å²) in [7, 11) is 3.59. The van der Waals surface area contributed by atoms with E-state index in [2.05, 4.69) is 15.5 Å². The molecule has 0 saturated carbocycles. The van der Waals surface area contributed by atoms with Gasteiger partial charge in [-0.1, -0.05) is 24.3 Å². The lowest BCUT2D eigenvalue weighted by Crippen LogP contribution is -2.22. The van der Waals surface area contributed by atoms with Crippen LogP contribution in [0.5, 0.6) is 0 Å². The highest BCUT2D eigenvalue weighted by Crippen LogP contribution is 2.26. The molecule has 3 aromatic rings. The number of nitrogens with zero attached hydrogens (tertiary/aromatic N) is 4. The van der Waals surface area contributed by atoms with E-state index in [1.165, 1.54) is 29.7 Å². The third kappa shape index (κ3) is 5.00. The van der Waals surface area contributed by atoms with Gasteiger partial charge in [-0.2, -0.15) is 5.10 Å². The molecular weight excluding hydrogens is 406 g/mol. The van der Waals surface area contributed by atoms with Crippen LogP contribution in [0.25, 0.3) is 11.3 Å². The summed E-state index contributed by atoms with van der Waals surface area (Å²) in [5.41, 5.74) is 6.65. The second-order valence-corrected chi connectivity index (χ2v) is 9.72. The fourth-order valence-corrected chi connectivity index (χ4v) is 4.06. The number of aromatic nitrogens is 1. The first-order valence-corrected chi connectivity index (χ1v) is 11.1. The average Bonchev–Trinajstić information content (AvgIpc) is 3.17. The van der Waals surface area contributed by atoms with Gasteiger partial charge in [0.1, 0.15) is 0 Å². The van der Waals surface area contributed by atoms with Crippen LogP contribution in [0.1, 0.15) is 5.56 Å². The van der Waals surface area contributed by atoms with Gasteiger partial charge in [-0.15, -0.1) is 11.3 Å². The van der Waals surface area contributed by atoms with E-state index in [9.17, 15) is 8.42 Å². The van der Waals surface area contributed by atoms with E-state index in [-0.39, 0.29) is 4.90 Å². The minimum Gasteiger partial charge on any atom is -0.378 e. The molecule has 3 rings (SSSR count). The molecule has 152 valence electrons. The summed E-state index contributed by atoms with van der Waals surface area (Å²) in [6, 6.07) is 14.7. The zero-order valence-corrected chi connectivity index (χ0v) is 18.3. The first-order valence-electron chi connectivity index (χ1n) is 8.82. The second-order valence-electron chi connectivity index (χ2n) is 6.71. The normalized spacial score (nSPS) is 11.9. The smallest absolute Gasteiger partial charge is 0.242 e. The van der Waals surface area contributed by atoms with Crippen LogP contribution in [-0.4, -0.2) is 52.1 Å². The van der Waals surface area contributed by atoms with Gasteiger partial charge in [0.15, 0.2) is 0 Å². The Morgan fingerprint density at radius 2 is 1.66 bits per heavy atom. The Bertz CT molecular complexity index is 1090. The highest BCUT2D eigenvalue weighted by Gasteiger charge is 2.17. The largest absolute Gasteiger partial charge is 0.378 e. The van der Waals surface area contributed by atoms with Crippen molar-refractivity contribution in [3.8, 4) is 11.3 Å². The van der Waals surface area contributed by atoms with Crippen LogP contribution in [0.15, 0.2) is 63.9 Å². The fourth-order valence-electron chi connectivity index (χ4n) is 2.49. The minimum absolute atomic E-state index is 0.254. The molecule has 0 aliphatic heterocycles. The van der Waals surface area contributed by atoms with Gasteiger partial charge in [0.25, 0.3) is 0 Å². The molecule has 1 heterocycles. The Hall–Kier alpha value is -2.75. The van der Waals surface area contributed by atoms with Crippen molar-refractivity contribution in [3.05, 3.63) is 59.5 Å². The summed E-state index contributed by atoms with van der Waals surface area (Å²) in [4.78, 5) is 6.80. The van der Waals surface area contributed by atoms with E-state index in [1.807, 2.05) is 48.6 Å². The van der Waals surface area contributed by atoms with Crippen LogP contribution < -0.4 is 10.3 Å². The molecule has 7 nitrogen and oxygen atoms in total. The molecule has 9 heteroatoms. The minimum atomic E-state index is -3.44. The molecule has 2 aromatic carbocycles. The molecular formula is C20H23N5O2S2. The Labute approximate surface area is 175 Å². The number of nitrogens with one attached hydrogen (secondary N) is 1. The summed E-state index contributed by atoms with van der Waals surface area (Å²) in [6.07, 6.45) is 1.74. The zero-order chi connectivity index (χ0) is 21.0.